The minimum absolute atomic E-state index is 0.207. The molecule has 0 radical (unpaired) electrons. The summed E-state index contributed by atoms with van der Waals surface area (Å²) in [6.45, 7) is 3.11. The van der Waals surface area contributed by atoms with Crippen LogP contribution in [0.2, 0.25) is 0 Å². The maximum atomic E-state index is 12.3. The van der Waals surface area contributed by atoms with Crippen molar-refractivity contribution < 1.29 is 14.1 Å². The number of carbonyl (C=O) groups excluding carboxylic acids is 1. The predicted molar refractivity (Wildman–Crippen MR) is 146 cm³/mol. The molecule has 2 heterocycles. The summed E-state index contributed by atoms with van der Waals surface area (Å²) in [6.07, 6.45) is 22.7. The largest absolute Gasteiger partial charge is 0.454 e. The molecule has 0 fully saturated rings. The number of nitro groups is 1. The van der Waals surface area contributed by atoms with E-state index in [0.29, 0.717) is 16.8 Å². The van der Waals surface area contributed by atoms with E-state index in [1.807, 2.05) is 0 Å². The van der Waals surface area contributed by atoms with Crippen LogP contribution in [0.25, 0.3) is 0 Å². The van der Waals surface area contributed by atoms with E-state index in [-0.39, 0.29) is 24.0 Å². The number of aromatic nitrogens is 2. The van der Waals surface area contributed by atoms with Crippen molar-refractivity contribution in [3.63, 3.8) is 0 Å². The van der Waals surface area contributed by atoms with E-state index in [9.17, 15) is 14.9 Å². The van der Waals surface area contributed by atoms with Crippen LogP contribution in [0.1, 0.15) is 126 Å². The van der Waals surface area contributed by atoms with Crippen LogP contribution in [0.15, 0.2) is 27.2 Å². The molecule has 0 atom stereocenters. The van der Waals surface area contributed by atoms with Crippen molar-refractivity contribution in [1.29, 1.82) is 0 Å². The lowest BCUT2D eigenvalue weighted by Gasteiger charge is -2.04. The summed E-state index contributed by atoms with van der Waals surface area (Å²) in [5.41, 5.74) is 0. The van der Waals surface area contributed by atoms with Gasteiger partial charge in [0, 0.05) is 6.54 Å². The second-order valence-corrected chi connectivity index (χ2v) is 10.4. The molecule has 2 rings (SSSR count). The molecule has 1 N–H and O–H groups in total. The third-order valence-electron chi connectivity index (χ3n) is 6.39. The third-order valence-corrected chi connectivity index (χ3v) is 6.95. The van der Waals surface area contributed by atoms with E-state index >= 15 is 0 Å². The standard InChI is InChI=1S/C27H43BrN4O4/c1-2-3-4-5-6-7-8-9-10-11-12-13-14-15-16-17-20-29-27(33)25-19-18-23(36-25)21-31-22-24(28)26(30-31)32(34)35/h18-19,22H,2-17,20-21H2,1H3,(H,29,33). The van der Waals surface area contributed by atoms with Crippen LogP contribution in [0, 0.1) is 10.1 Å². The first-order valence-electron chi connectivity index (χ1n) is 13.8. The van der Waals surface area contributed by atoms with Crippen LogP contribution in [0.4, 0.5) is 5.82 Å². The highest BCUT2D eigenvalue weighted by Gasteiger charge is 2.20. The van der Waals surface area contributed by atoms with Crippen LogP contribution >= 0.6 is 15.9 Å². The van der Waals surface area contributed by atoms with Crippen molar-refractivity contribution in [2.45, 2.75) is 116 Å². The number of unbranched alkanes of at least 4 members (excludes halogenated alkanes) is 15. The Morgan fingerprint density at radius 3 is 1.97 bits per heavy atom. The van der Waals surface area contributed by atoms with Gasteiger partial charge in [0.25, 0.3) is 5.91 Å². The minimum atomic E-state index is -0.555. The van der Waals surface area contributed by atoms with Crippen molar-refractivity contribution >= 4 is 27.7 Å². The molecule has 2 aromatic heterocycles. The zero-order valence-electron chi connectivity index (χ0n) is 21.8. The molecule has 0 aromatic carbocycles. The number of amides is 1. The average molecular weight is 568 g/mol. The summed E-state index contributed by atoms with van der Waals surface area (Å²) in [5, 5.41) is 17.7. The Bertz CT molecular complexity index is 896. The van der Waals surface area contributed by atoms with Gasteiger partial charge in [-0.25, -0.2) is 0 Å². The lowest BCUT2D eigenvalue weighted by Crippen LogP contribution is -2.23. The number of hydrogen-bond acceptors (Lipinski definition) is 5. The fraction of sp³-hybridized carbons (Fsp3) is 0.704. The molecule has 9 heteroatoms. The number of nitrogens with zero attached hydrogens (tertiary/aromatic N) is 3. The van der Waals surface area contributed by atoms with E-state index in [1.54, 1.807) is 12.1 Å². The van der Waals surface area contributed by atoms with Gasteiger partial charge >= 0.3 is 5.82 Å². The molecule has 0 bridgehead atoms. The normalized spacial score (nSPS) is 11.2. The maximum absolute atomic E-state index is 12.3. The van der Waals surface area contributed by atoms with Crippen LogP contribution in [0.5, 0.6) is 0 Å². The van der Waals surface area contributed by atoms with Crippen molar-refractivity contribution in [3.05, 3.63) is 44.4 Å². The average Bonchev–Trinajstić information content (AvgIpc) is 3.47. The van der Waals surface area contributed by atoms with E-state index in [0.717, 1.165) is 12.8 Å². The lowest BCUT2D eigenvalue weighted by atomic mass is 10.0. The Morgan fingerprint density at radius 2 is 1.47 bits per heavy atom. The van der Waals surface area contributed by atoms with Gasteiger partial charge in [0.1, 0.15) is 16.8 Å². The fourth-order valence-corrected chi connectivity index (χ4v) is 4.76. The SMILES string of the molecule is CCCCCCCCCCCCCCCCCCNC(=O)c1ccc(Cn2cc(Br)c([N+](=O)[O-])n2)o1. The number of nitrogens with one attached hydrogen (secondary N) is 1. The van der Waals surface area contributed by atoms with Crippen molar-refractivity contribution in [1.82, 2.24) is 15.1 Å². The topological polar surface area (TPSA) is 103 Å². The van der Waals surface area contributed by atoms with Gasteiger partial charge in [-0.3, -0.25) is 4.79 Å². The number of halogens is 1. The summed E-state index contributed by atoms with van der Waals surface area (Å²) < 4.78 is 7.29. The van der Waals surface area contributed by atoms with Gasteiger partial charge in [0.2, 0.25) is 0 Å². The zero-order chi connectivity index (χ0) is 26.0. The Hall–Kier alpha value is -2.16. The number of carbonyl (C=O) groups is 1. The molecule has 0 saturated heterocycles. The molecular weight excluding hydrogens is 524 g/mol. The van der Waals surface area contributed by atoms with Gasteiger partial charge in [-0.1, -0.05) is 103 Å². The molecule has 0 aliphatic heterocycles. The van der Waals surface area contributed by atoms with E-state index in [2.05, 4.69) is 33.3 Å². The van der Waals surface area contributed by atoms with Gasteiger partial charge in [0.15, 0.2) is 5.76 Å². The highest BCUT2D eigenvalue weighted by atomic mass is 79.9. The lowest BCUT2D eigenvalue weighted by molar-refractivity contribution is -0.390. The predicted octanol–water partition coefficient (Wildman–Crippen LogP) is 8.19. The quantitative estimate of drug-likeness (QED) is 0.0931. The fourth-order valence-electron chi connectivity index (χ4n) is 4.30. The molecule has 0 spiro atoms. The van der Waals surface area contributed by atoms with Gasteiger partial charge in [-0.15, -0.1) is 0 Å². The van der Waals surface area contributed by atoms with E-state index in [4.69, 9.17) is 4.42 Å². The van der Waals surface area contributed by atoms with Crippen molar-refractivity contribution in [2.24, 2.45) is 0 Å². The monoisotopic (exact) mass is 566 g/mol. The van der Waals surface area contributed by atoms with Crippen LogP contribution in [-0.4, -0.2) is 27.2 Å². The second kappa shape index (κ2) is 18.1. The Kier molecular flexibility index (Phi) is 15.2. The number of hydrogen-bond donors (Lipinski definition) is 1. The molecule has 202 valence electrons. The van der Waals surface area contributed by atoms with Gasteiger partial charge in [0.05, 0.1) is 11.3 Å². The first-order chi connectivity index (χ1) is 17.5. The van der Waals surface area contributed by atoms with Crippen molar-refractivity contribution in [2.75, 3.05) is 6.54 Å². The van der Waals surface area contributed by atoms with Crippen LogP contribution in [0.3, 0.4) is 0 Å². The second-order valence-electron chi connectivity index (χ2n) is 9.58. The summed E-state index contributed by atoms with van der Waals surface area (Å²) in [5.74, 6) is 0.253. The summed E-state index contributed by atoms with van der Waals surface area (Å²) in [6, 6.07) is 3.30. The van der Waals surface area contributed by atoms with Gasteiger partial charge in [-0.2, -0.15) is 4.68 Å². The molecule has 2 aromatic rings. The Balaban J connectivity index is 1.44. The summed E-state index contributed by atoms with van der Waals surface area (Å²) >= 11 is 3.12. The van der Waals surface area contributed by atoms with Gasteiger partial charge in [-0.05, 0) is 39.4 Å². The van der Waals surface area contributed by atoms with Crippen molar-refractivity contribution in [3.8, 4) is 0 Å². The zero-order valence-corrected chi connectivity index (χ0v) is 23.4. The smallest absolute Gasteiger partial charge is 0.404 e. The molecule has 0 aliphatic rings. The van der Waals surface area contributed by atoms with E-state index < -0.39 is 4.92 Å². The maximum Gasteiger partial charge on any atom is 0.404 e. The molecule has 36 heavy (non-hydrogen) atoms. The molecule has 1 amide bonds. The first-order valence-corrected chi connectivity index (χ1v) is 14.5. The third kappa shape index (κ3) is 12.2. The molecule has 0 unspecified atom stereocenters. The first kappa shape index (κ1) is 30.1. The van der Waals surface area contributed by atoms with Crippen LogP contribution < -0.4 is 5.32 Å². The van der Waals surface area contributed by atoms with Crippen LogP contribution in [-0.2, 0) is 6.54 Å². The Labute approximate surface area is 223 Å². The number of furan rings is 1. The van der Waals surface area contributed by atoms with Gasteiger partial charge < -0.3 is 19.8 Å². The highest BCUT2D eigenvalue weighted by molar-refractivity contribution is 9.10. The molecule has 0 aliphatic carbocycles. The Morgan fingerprint density at radius 1 is 0.944 bits per heavy atom. The summed E-state index contributed by atoms with van der Waals surface area (Å²) in [7, 11) is 0. The minimum Gasteiger partial charge on any atom is -0.454 e. The number of rotatable bonds is 21. The molecule has 8 nitrogen and oxygen atoms in total. The summed E-state index contributed by atoms with van der Waals surface area (Å²) in [4.78, 5) is 22.6. The van der Waals surface area contributed by atoms with E-state index in [1.165, 1.54) is 101 Å². The molecular formula is C27H43BrN4O4. The molecule has 0 saturated carbocycles. The highest BCUT2D eigenvalue weighted by Crippen LogP contribution is 2.23.